The molecule has 0 amide bonds. The van der Waals surface area contributed by atoms with Gasteiger partial charge in [0.25, 0.3) is 0 Å². The summed E-state index contributed by atoms with van der Waals surface area (Å²) in [6.45, 7) is 4.64. The number of esters is 1. The number of nitrogens with zero attached hydrogens (tertiary/aromatic N) is 3. The average molecular weight is 364 g/mol. The number of nitriles is 1. The molecule has 0 spiro atoms. The van der Waals surface area contributed by atoms with Gasteiger partial charge in [-0.25, -0.2) is 9.48 Å². The summed E-state index contributed by atoms with van der Waals surface area (Å²) < 4.78 is 6.68. The third-order valence-electron chi connectivity index (χ3n) is 3.86. The first kappa shape index (κ1) is 19.7. The van der Waals surface area contributed by atoms with Crippen LogP contribution in [0.2, 0.25) is 0 Å². The van der Waals surface area contributed by atoms with Crippen molar-refractivity contribution in [2.45, 2.75) is 20.8 Å². The van der Waals surface area contributed by atoms with Gasteiger partial charge in [0.05, 0.1) is 11.4 Å². The number of carbonyl (C=O) groups is 2. The third kappa shape index (κ3) is 4.70. The first-order valence-corrected chi connectivity index (χ1v) is 8.21. The fourth-order valence-corrected chi connectivity index (χ4v) is 2.50. The number of para-hydroxylation sites is 1. The Labute approximate surface area is 157 Å². The first-order valence-electron chi connectivity index (χ1n) is 8.21. The van der Waals surface area contributed by atoms with Crippen LogP contribution in [-0.2, 0) is 14.3 Å². The summed E-state index contributed by atoms with van der Waals surface area (Å²) in [5.41, 5.74) is 8.66. The summed E-state index contributed by atoms with van der Waals surface area (Å²) in [6.07, 6.45) is 2.82. The normalized spacial score (nSPS) is 11.8. The van der Waals surface area contributed by atoms with Crippen LogP contribution in [0.25, 0.3) is 11.8 Å². The van der Waals surface area contributed by atoms with Crippen LogP contribution < -0.4 is 5.73 Å². The quantitative estimate of drug-likeness (QED) is 0.478. The van der Waals surface area contributed by atoms with Crippen molar-refractivity contribution in [3.8, 4) is 11.8 Å². The zero-order valence-electron chi connectivity index (χ0n) is 15.4. The number of ketones is 1. The van der Waals surface area contributed by atoms with E-state index in [1.165, 1.54) is 13.0 Å². The minimum absolute atomic E-state index is 0.0914. The average Bonchev–Trinajstić information content (AvgIpc) is 2.93. The standard InChI is InChI=1S/C20H20N4O3/c1-13(22)18(11-21)19(25)12-27-20(26)10-9-17-14(2)23-24(15(17)3)16-7-5-4-6-8-16/h4-10H,12,22H2,1-3H3. The fraction of sp³-hybridized carbons (Fsp3) is 0.200. The van der Waals surface area contributed by atoms with Gasteiger partial charge in [-0.05, 0) is 39.0 Å². The van der Waals surface area contributed by atoms with Gasteiger partial charge in [-0.1, -0.05) is 18.2 Å². The molecule has 0 unspecified atom stereocenters. The molecule has 138 valence electrons. The SMILES string of the molecule is CC(N)=C(C#N)C(=O)COC(=O)C=Cc1c(C)nn(-c2ccccc2)c1C. The van der Waals surface area contributed by atoms with Crippen LogP contribution in [0.1, 0.15) is 23.9 Å². The molecule has 2 rings (SSSR count). The van der Waals surface area contributed by atoms with Crippen LogP contribution in [0, 0.1) is 25.2 Å². The van der Waals surface area contributed by atoms with E-state index in [4.69, 9.17) is 15.7 Å². The van der Waals surface area contributed by atoms with Crippen LogP contribution in [0.4, 0.5) is 0 Å². The highest BCUT2D eigenvalue weighted by atomic mass is 16.5. The second-order valence-corrected chi connectivity index (χ2v) is 5.87. The molecule has 0 fully saturated rings. The molecule has 0 aliphatic heterocycles. The fourth-order valence-electron chi connectivity index (χ4n) is 2.50. The number of hydrogen-bond donors (Lipinski definition) is 1. The van der Waals surface area contributed by atoms with E-state index < -0.39 is 18.4 Å². The molecule has 7 nitrogen and oxygen atoms in total. The maximum atomic E-state index is 11.9. The Balaban J connectivity index is 2.09. The molecule has 0 saturated carbocycles. The van der Waals surface area contributed by atoms with E-state index in [-0.39, 0.29) is 11.3 Å². The lowest BCUT2D eigenvalue weighted by Gasteiger charge is -2.04. The van der Waals surface area contributed by atoms with E-state index >= 15 is 0 Å². The first-order chi connectivity index (χ1) is 12.8. The molecule has 1 aromatic heterocycles. The zero-order valence-corrected chi connectivity index (χ0v) is 15.4. The molecule has 0 bridgehead atoms. The van der Waals surface area contributed by atoms with Crippen LogP contribution >= 0.6 is 0 Å². The minimum atomic E-state index is -0.693. The zero-order chi connectivity index (χ0) is 20.0. The number of rotatable bonds is 6. The van der Waals surface area contributed by atoms with Gasteiger partial charge < -0.3 is 10.5 Å². The van der Waals surface area contributed by atoms with Crippen molar-refractivity contribution in [2.24, 2.45) is 5.73 Å². The molecule has 27 heavy (non-hydrogen) atoms. The highest BCUT2D eigenvalue weighted by Crippen LogP contribution is 2.19. The van der Waals surface area contributed by atoms with E-state index in [0.29, 0.717) is 0 Å². The molecule has 0 aliphatic rings. The Hall–Kier alpha value is -3.66. The van der Waals surface area contributed by atoms with E-state index in [9.17, 15) is 9.59 Å². The number of benzene rings is 1. The number of carbonyl (C=O) groups excluding carboxylic acids is 2. The van der Waals surface area contributed by atoms with Crippen LogP contribution in [0.15, 0.2) is 47.7 Å². The number of aromatic nitrogens is 2. The number of aryl methyl sites for hydroxylation is 1. The predicted molar refractivity (Wildman–Crippen MR) is 101 cm³/mol. The number of nitrogens with two attached hydrogens (primary N) is 1. The van der Waals surface area contributed by atoms with Crippen molar-refractivity contribution in [3.05, 3.63) is 64.6 Å². The van der Waals surface area contributed by atoms with Gasteiger partial charge >= 0.3 is 5.97 Å². The minimum Gasteiger partial charge on any atom is -0.454 e. The molecule has 0 saturated heterocycles. The van der Waals surface area contributed by atoms with Gasteiger partial charge in [0.15, 0.2) is 6.61 Å². The van der Waals surface area contributed by atoms with Gasteiger partial charge in [-0.2, -0.15) is 10.4 Å². The van der Waals surface area contributed by atoms with Gasteiger partial charge in [0.2, 0.25) is 5.78 Å². The summed E-state index contributed by atoms with van der Waals surface area (Å²) in [6, 6.07) is 11.3. The predicted octanol–water partition coefficient (Wildman–Crippen LogP) is 2.37. The van der Waals surface area contributed by atoms with Crippen LogP contribution in [0.5, 0.6) is 0 Å². The van der Waals surface area contributed by atoms with E-state index in [1.54, 1.807) is 16.8 Å². The van der Waals surface area contributed by atoms with E-state index in [1.807, 2.05) is 44.2 Å². The van der Waals surface area contributed by atoms with Crippen LogP contribution in [0.3, 0.4) is 0 Å². The highest BCUT2D eigenvalue weighted by Gasteiger charge is 2.14. The van der Waals surface area contributed by atoms with Crippen molar-refractivity contribution in [1.82, 2.24) is 9.78 Å². The van der Waals surface area contributed by atoms with E-state index in [0.717, 1.165) is 22.6 Å². The van der Waals surface area contributed by atoms with Crippen molar-refractivity contribution in [1.29, 1.82) is 5.26 Å². The van der Waals surface area contributed by atoms with Crippen molar-refractivity contribution in [3.63, 3.8) is 0 Å². The Morgan fingerprint density at radius 2 is 1.96 bits per heavy atom. The molecule has 1 aromatic carbocycles. The molecule has 0 atom stereocenters. The van der Waals surface area contributed by atoms with Crippen molar-refractivity contribution < 1.29 is 14.3 Å². The Morgan fingerprint density at radius 3 is 2.56 bits per heavy atom. The second kappa shape index (κ2) is 8.63. The summed E-state index contributed by atoms with van der Waals surface area (Å²) in [4.78, 5) is 23.7. The third-order valence-corrected chi connectivity index (χ3v) is 3.86. The molecule has 7 heteroatoms. The summed E-state index contributed by atoms with van der Waals surface area (Å²) >= 11 is 0. The summed E-state index contributed by atoms with van der Waals surface area (Å²) in [7, 11) is 0. The largest absolute Gasteiger partial charge is 0.454 e. The summed E-state index contributed by atoms with van der Waals surface area (Å²) in [5, 5.41) is 13.4. The lowest BCUT2D eigenvalue weighted by atomic mass is 10.1. The number of hydrogen-bond acceptors (Lipinski definition) is 6. The maximum absolute atomic E-state index is 11.9. The molecule has 0 aliphatic carbocycles. The molecule has 0 radical (unpaired) electrons. The topological polar surface area (TPSA) is 111 Å². The van der Waals surface area contributed by atoms with Gasteiger partial charge in [0.1, 0.15) is 11.6 Å². The maximum Gasteiger partial charge on any atom is 0.331 e. The monoisotopic (exact) mass is 364 g/mol. The van der Waals surface area contributed by atoms with Gasteiger partial charge in [-0.15, -0.1) is 0 Å². The lowest BCUT2D eigenvalue weighted by molar-refractivity contribution is -0.141. The smallest absolute Gasteiger partial charge is 0.331 e. The van der Waals surface area contributed by atoms with Crippen molar-refractivity contribution in [2.75, 3.05) is 6.61 Å². The van der Waals surface area contributed by atoms with E-state index in [2.05, 4.69) is 5.10 Å². The van der Waals surface area contributed by atoms with Crippen LogP contribution in [-0.4, -0.2) is 28.1 Å². The van der Waals surface area contributed by atoms with Gasteiger partial charge in [-0.3, -0.25) is 4.79 Å². The second-order valence-electron chi connectivity index (χ2n) is 5.87. The van der Waals surface area contributed by atoms with Crippen molar-refractivity contribution >= 4 is 17.8 Å². The number of Topliss-reactive ketones (excluding diaryl/α,β-unsaturated/α-hetero) is 1. The number of allylic oxidation sites excluding steroid dienone is 1. The molecule has 2 N–H and O–H groups in total. The molecule has 1 heterocycles. The highest BCUT2D eigenvalue weighted by molar-refractivity contribution is 6.01. The Kier molecular flexibility index (Phi) is 6.28. The molecular formula is C20H20N4O3. The lowest BCUT2D eigenvalue weighted by Crippen LogP contribution is -2.16. The molecule has 2 aromatic rings. The van der Waals surface area contributed by atoms with Gasteiger partial charge in [0, 0.05) is 23.0 Å². The number of ether oxygens (including phenoxy) is 1. The Morgan fingerprint density at radius 1 is 1.30 bits per heavy atom. The Bertz CT molecular complexity index is 959. The molecular weight excluding hydrogens is 344 g/mol. The summed E-state index contributed by atoms with van der Waals surface area (Å²) in [5.74, 6) is -1.33.